The Hall–Kier alpha value is -2.21. The SMILES string of the molecule is COc1ccc(Cl)cc1CNC(=O)N1CCCC(c2ncc[nH]2)C1. The molecule has 1 aliphatic rings. The highest BCUT2D eigenvalue weighted by Gasteiger charge is 2.26. The summed E-state index contributed by atoms with van der Waals surface area (Å²) in [5.74, 6) is 1.93. The fraction of sp³-hybridized carbons (Fsp3) is 0.412. The number of amides is 2. The van der Waals surface area contributed by atoms with E-state index in [1.807, 2.05) is 17.2 Å². The minimum Gasteiger partial charge on any atom is -0.496 e. The lowest BCUT2D eigenvalue weighted by Crippen LogP contribution is -2.44. The van der Waals surface area contributed by atoms with Crippen LogP contribution in [-0.4, -0.2) is 41.1 Å². The van der Waals surface area contributed by atoms with Crippen LogP contribution in [0, 0.1) is 0 Å². The minimum atomic E-state index is -0.0757. The van der Waals surface area contributed by atoms with Gasteiger partial charge in [-0.2, -0.15) is 0 Å². The number of carbonyl (C=O) groups is 1. The Kier molecular flexibility index (Phi) is 5.25. The van der Waals surface area contributed by atoms with Crippen LogP contribution < -0.4 is 10.1 Å². The maximum atomic E-state index is 12.5. The molecule has 1 aliphatic heterocycles. The molecule has 24 heavy (non-hydrogen) atoms. The monoisotopic (exact) mass is 348 g/mol. The number of likely N-dealkylation sites (tertiary alicyclic amines) is 1. The second kappa shape index (κ2) is 7.57. The summed E-state index contributed by atoms with van der Waals surface area (Å²) in [5.41, 5.74) is 0.859. The molecule has 128 valence electrons. The number of piperidine rings is 1. The van der Waals surface area contributed by atoms with Gasteiger partial charge in [0.05, 0.1) is 7.11 Å². The van der Waals surface area contributed by atoms with Gasteiger partial charge in [-0.15, -0.1) is 0 Å². The summed E-state index contributed by atoms with van der Waals surface area (Å²) in [7, 11) is 1.60. The molecule has 6 nitrogen and oxygen atoms in total. The van der Waals surface area contributed by atoms with E-state index in [9.17, 15) is 4.79 Å². The van der Waals surface area contributed by atoms with Crippen molar-refractivity contribution in [3.63, 3.8) is 0 Å². The standard InChI is InChI=1S/C17H21ClN4O2/c1-24-15-5-4-14(18)9-13(15)10-21-17(23)22-8-2-3-12(11-22)16-19-6-7-20-16/h4-7,9,12H,2-3,8,10-11H2,1H3,(H,19,20)(H,21,23). The van der Waals surface area contributed by atoms with Gasteiger partial charge in [-0.05, 0) is 31.0 Å². The summed E-state index contributed by atoms with van der Waals surface area (Å²) in [6, 6.07) is 5.30. The van der Waals surface area contributed by atoms with Crippen molar-refractivity contribution in [2.75, 3.05) is 20.2 Å². The van der Waals surface area contributed by atoms with Crippen LogP contribution in [0.25, 0.3) is 0 Å². The molecule has 0 radical (unpaired) electrons. The van der Waals surface area contributed by atoms with E-state index >= 15 is 0 Å². The molecule has 2 heterocycles. The third-order valence-corrected chi connectivity index (χ3v) is 4.52. The summed E-state index contributed by atoms with van der Waals surface area (Å²) in [5, 5.41) is 3.58. The van der Waals surface area contributed by atoms with Crippen LogP contribution in [0.15, 0.2) is 30.6 Å². The maximum Gasteiger partial charge on any atom is 0.317 e. The molecule has 0 aliphatic carbocycles. The number of hydrogen-bond acceptors (Lipinski definition) is 3. The molecule has 1 aromatic carbocycles. The largest absolute Gasteiger partial charge is 0.496 e. The number of methoxy groups -OCH3 is 1. The Morgan fingerprint density at radius 1 is 1.54 bits per heavy atom. The zero-order chi connectivity index (χ0) is 16.9. The minimum absolute atomic E-state index is 0.0757. The van der Waals surface area contributed by atoms with E-state index in [0.717, 1.165) is 30.8 Å². The number of benzene rings is 1. The van der Waals surface area contributed by atoms with Gasteiger partial charge in [0.2, 0.25) is 0 Å². The molecule has 2 N–H and O–H groups in total. The van der Waals surface area contributed by atoms with Crippen molar-refractivity contribution >= 4 is 17.6 Å². The predicted molar refractivity (Wildman–Crippen MR) is 92.4 cm³/mol. The van der Waals surface area contributed by atoms with Gasteiger partial charge in [-0.25, -0.2) is 9.78 Å². The van der Waals surface area contributed by atoms with Gasteiger partial charge in [0.25, 0.3) is 0 Å². The third-order valence-electron chi connectivity index (χ3n) is 4.29. The van der Waals surface area contributed by atoms with Crippen molar-refractivity contribution in [2.24, 2.45) is 0 Å². The van der Waals surface area contributed by atoms with Crippen LogP contribution in [0.4, 0.5) is 4.79 Å². The van der Waals surface area contributed by atoms with Crippen molar-refractivity contribution in [1.82, 2.24) is 20.2 Å². The average Bonchev–Trinajstić information content (AvgIpc) is 3.14. The van der Waals surface area contributed by atoms with Gasteiger partial charge in [0.1, 0.15) is 11.6 Å². The number of carbonyl (C=O) groups excluding carboxylic acids is 1. The molecular weight excluding hydrogens is 328 g/mol. The van der Waals surface area contributed by atoms with E-state index in [0.29, 0.717) is 23.9 Å². The highest BCUT2D eigenvalue weighted by Crippen LogP contribution is 2.25. The smallest absolute Gasteiger partial charge is 0.317 e. The summed E-state index contributed by atoms with van der Waals surface area (Å²) < 4.78 is 5.31. The number of ether oxygens (including phenoxy) is 1. The molecule has 0 saturated carbocycles. The number of urea groups is 1. The number of nitrogens with zero attached hydrogens (tertiary/aromatic N) is 2. The Morgan fingerprint density at radius 3 is 3.17 bits per heavy atom. The van der Waals surface area contributed by atoms with Crippen molar-refractivity contribution in [3.05, 3.63) is 47.0 Å². The number of halogens is 1. The molecule has 2 amide bonds. The van der Waals surface area contributed by atoms with Crippen molar-refractivity contribution in [3.8, 4) is 5.75 Å². The van der Waals surface area contributed by atoms with Crippen LogP contribution >= 0.6 is 11.6 Å². The van der Waals surface area contributed by atoms with E-state index in [-0.39, 0.29) is 11.9 Å². The Balaban J connectivity index is 1.60. The number of aromatic amines is 1. The molecule has 0 spiro atoms. The molecule has 0 bridgehead atoms. The van der Waals surface area contributed by atoms with Gasteiger partial charge < -0.3 is 19.9 Å². The Bertz CT molecular complexity index is 690. The molecule has 3 rings (SSSR count). The van der Waals surface area contributed by atoms with Crippen LogP contribution in [0.1, 0.15) is 30.1 Å². The highest BCUT2D eigenvalue weighted by molar-refractivity contribution is 6.30. The van der Waals surface area contributed by atoms with E-state index < -0.39 is 0 Å². The first-order valence-corrected chi connectivity index (χ1v) is 8.39. The maximum absolute atomic E-state index is 12.5. The molecule has 1 aromatic heterocycles. The molecule has 2 aromatic rings. The first-order chi connectivity index (χ1) is 11.7. The molecule has 7 heteroatoms. The molecular formula is C17H21ClN4O2. The number of rotatable bonds is 4. The molecule has 1 unspecified atom stereocenters. The van der Waals surface area contributed by atoms with E-state index in [1.54, 1.807) is 25.4 Å². The summed E-state index contributed by atoms with van der Waals surface area (Å²) in [6.07, 6.45) is 5.58. The highest BCUT2D eigenvalue weighted by atomic mass is 35.5. The summed E-state index contributed by atoms with van der Waals surface area (Å²) >= 11 is 6.02. The lowest BCUT2D eigenvalue weighted by Gasteiger charge is -2.32. The van der Waals surface area contributed by atoms with Crippen LogP contribution in [0.2, 0.25) is 5.02 Å². The number of aromatic nitrogens is 2. The van der Waals surface area contributed by atoms with E-state index in [1.165, 1.54) is 0 Å². The molecule has 1 fully saturated rings. The zero-order valence-electron chi connectivity index (χ0n) is 13.6. The summed E-state index contributed by atoms with van der Waals surface area (Å²) in [4.78, 5) is 21.8. The number of nitrogens with one attached hydrogen (secondary N) is 2. The van der Waals surface area contributed by atoms with Crippen molar-refractivity contribution in [2.45, 2.75) is 25.3 Å². The van der Waals surface area contributed by atoms with Gasteiger partial charge >= 0.3 is 6.03 Å². The second-order valence-corrected chi connectivity index (χ2v) is 6.31. The van der Waals surface area contributed by atoms with E-state index in [2.05, 4.69) is 15.3 Å². The lowest BCUT2D eigenvalue weighted by atomic mass is 9.98. The second-order valence-electron chi connectivity index (χ2n) is 5.87. The molecule has 1 atom stereocenters. The van der Waals surface area contributed by atoms with Gasteiger partial charge in [-0.3, -0.25) is 0 Å². The van der Waals surface area contributed by atoms with Gasteiger partial charge in [0, 0.05) is 48.5 Å². The first kappa shape index (κ1) is 16.6. The quantitative estimate of drug-likeness (QED) is 0.891. The fourth-order valence-corrected chi connectivity index (χ4v) is 3.25. The molecule has 1 saturated heterocycles. The number of imidazole rings is 1. The van der Waals surface area contributed by atoms with Crippen LogP contribution in [0.3, 0.4) is 0 Å². The predicted octanol–water partition coefficient (Wildman–Crippen LogP) is 3.16. The Labute approximate surface area is 146 Å². The van der Waals surface area contributed by atoms with Gasteiger partial charge in [0.15, 0.2) is 0 Å². The van der Waals surface area contributed by atoms with Crippen LogP contribution in [0.5, 0.6) is 5.75 Å². The Morgan fingerprint density at radius 2 is 2.42 bits per heavy atom. The van der Waals surface area contributed by atoms with E-state index in [4.69, 9.17) is 16.3 Å². The normalized spacial score (nSPS) is 17.6. The topological polar surface area (TPSA) is 70.2 Å². The lowest BCUT2D eigenvalue weighted by molar-refractivity contribution is 0.178. The van der Waals surface area contributed by atoms with Gasteiger partial charge in [-0.1, -0.05) is 11.6 Å². The third kappa shape index (κ3) is 3.82. The summed E-state index contributed by atoms with van der Waals surface area (Å²) in [6.45, 7) is 1.81. The van der Waals surface area contributed by atoms with Crippen molar-refractivity contribution in [1.29, 1.82) is 0 Å². The average molecular weight is 349 g/mol. The fourth-order valence-electron chi connectivity index (χ4n) is 3.05. The number of hydrogen-bond donors (Lipinski definition) is 2. The first-order valence-electron chi connectivity index (χ1n) is 8.02. The van der Waals surface area contributed by atoms with Crippen molar-refractivity contribution < 1.29 is 9.53 Å². The number of H-pyrrole nitrogens is 1. The zero-order valence-corrected chi connectivity index (χ0v) is 14.3. The van der Waals surface area contributed by atoms with Crippen LogP contribution in [-0.2, 0) is 6.54 Å².